The van der Waals surface area contributed by atoms with E-state index in [4.69, 9.17) is 4.98 Å². The van der Waals surface area contributed by atoms with E-state index in [1.807, 2.05) is 77.3 Å². The Labute approximate surface area is 281 Å². The summed E-state index contributed by atoms with van der Waals surface area (Å²) in [5.74, 6) is 1.89. The second-order valence-electron chi connectivity index (χ2n) is 11.9. The summed E-state index contributed by atoms with van der Waals surface area (Å²) < 4.78 is 1.82. The van der Waals surface area contributed by atoms with Gasteiger partial charge >= 0.3 is 0 Å². The average Bonchev–Trinajstić information content (AvgIpc) is 3.82. The molecule has 1 aromatic carbocycles. The van der Waals surface area contributed by atoms with Crippen molar-refractivity contribution in [3.63, 3.8) is 0 Å². The highest BCUT2D eigenvalue weighted by molar-refractivity contribution is 6.01. The maximum Gasteiger partial charge on any atom is 0.252 e. The van der Waals surface area contributed by atoms with Gasteiger partial charge in [0.05, 0.1) is 29.8 Å². The molecule has 1 aliphatic rings. The number of rotatable bonds is 11. The molecule has 0 bridgehead atoms. The number of aromatic amines is 2. The van der Waals surface area contributed by atoms with Gasteiger partial charge in [-0.3, -0.25) is 14.4 Å². The molecule has 0 unspecified atom stereocenters. The van der Waals surface area contributed by atoms with Crippen LogP contribution in [0.25, 0.3) is 22.2 Å². The van der Waals surface area contributed by atoms with E-state index < -0.39 is 0 Å². The number of hydrogen-bond acceptors (Lipinski definition) is 11. The third kappa shape index (κ3) is 10.2. The maximum absolute atomic E-state index is 10.9. The Morgan fingerprint density at radius 1 is 1.06 bits per heavy atom. The fourth-order valence-corrected chi connectivity index (χ4v) is 5.22. The highest BCUT2D eigenvalue weighted by Gasteiger charge is 2.14. The Morgan fingerprint density at radius 2 is 1.85 bits per heavy atom. The molecule has 48 heavy (non-hydrogen) atoms. The lowest BCUT2D eigenvalue weighted by Crippen LogP contribution is -2.20. The van der Waals surface area contributed by atoms with Crippen LogP contribution < -0.4 is 21.5 Å². The maximum atomic E-state index is 10.9. The average molecular weight is 657 g/mol. The van der Waals surface area contributed by atoms with Crippen LogP contribution in [-0.4, -0.2) is 105 Å². The van der Waals surface area contributed by atoms with Crippen LogP contribution in [0.15, 0.2) is 53.8 Å². The van der Waals surface area contributed by atoms with Crippen LogP contribution in [0.1, 0.15) is 30.5 Å². The second kappa shape index (κ2) is 17.7. The fourth-order valence-electron chi connectivity index (χ4n) is 5.22. The van der Waals surface area contributed by atoms with Crippen molar-refractivity contribution in [3.8, 4) is 11.3 Å². The molecule has 5 heterocycles. The van der Waals surface area contributed by atoms with Gasteiger partial charge in [-0.05, 0) is 78.5 Å². The molecular weight excluding hydrogens is 608 g/mol. The predicted octanol–water partition coefficient (Wildman–Crippen LogP) is 4.18. The SMILES string of the molecule is CN(C)CCCNc1cc(=O)[nH]cn1.CNc1cccc2c(-c3nc(Nc4cc(C)n(C)n4)ncc3C)c[nH]c12.O=CCN1CCCC1. The summed E-state index contributed by atoms with van der Waals surface area (Å²) in [6.07, 6.45) is 9.78. The van der Waals surface area contributed by atoms with Crippen molar-refractivity contribution in [1.82, 2.24) is 44.5 Å². The zero-order chi connectivity index (χ0) is 34.5. The topological polar surface area (TPSA) is 165 Å². The van der Waals surface area contributed by atoms with Gasteiger partial charge in [-0.25, -0.2) is 15.0 Å². The van der Waals surface area contributed by atoms with Crippen molar-refractivity contribution >= 4 is 40.5 Å². The van der Waals surface area contributed by atoms with Crippen LogP contribution in [0.3, 0.4) is 0 Å². The molecule has 0 atom stereocenters. The number of aldehydes is 1. The van der Waals surface area contributed by atoms with Gasteiger partial charge in [0.15, 0.2) is 5.82 Å². The molecule has 1 saturated heterocycles. The van der Waals surface area contributed by atoms with Crippen LogP contribution in [0, 0.1) is 13.8 Å². The molecule has 0 aliphatic carbocycles. The van der Waals surface area contributed by atoms with Gasteiger partial charge in [0, 0.05) is 61.8 Å². The summed E-state index contributed by atoms with van der Waals surface area (Å²) in [6.45, 7) is 8.76. The highest BCUT2D eigenvalue weighted by atomic mass is 16.1. The fraction of sp³-hybridized carbons (Fsp3) is 0.412. The molecule has 256 valence electrons. The summed E-state index contributed by atoms with van der Waals surface area (Å²) in [7, 11) is 7.90. The molecule has 1 aliphatic heterocycles. The minimum atomic E-state index is -0.130. The Morgan fingerprint density at radius 3 is 2.52 bits per heavy atom. The number of likely N-dealkylation sites (tertiary alicyclic amines) is 1. The van der Waals surface area contributed by atoms with Gasteiger partial charge in [-0.2, -0.15) is 5.10 Å². The lowest BCUT2D eigenvalue weighted by Gasteiger charge is -2.09. The largest absolute Gasteiger partial charge is 0.386 e. The normalized spacial score (nSPS) is 12.6. The minimum Gasteiger partial charge on any atom is -0.386 e. The third-order valence-electron chi connectivity index (χ3n) is 7.86. The molecule has 14 heteroatoms. The molecule has 0 amide bonds. The van der Waals surface area contributed by atoms with E-state index in [-0.39, 0.29) is 5.56 Å². The standard InChI is InChI=1S/C19H21N7.C9H16N4O.C6H11NO/c1-11-9-22-19(23-16-8-12(2)26(4)25-16)24-17(11)14-10-21-18-13(14)6-5-7-15(18)20-3;1-13(2)5-3-4-10-8-6-9(14)12-7-11-8;8-6-5-7-3-1-2-4-7/h5-10,20-21H,1-4H3,(H,22,23,24,25);6-7H,3-5H2,1-2H3,(H2,10,11,12,14);6H,1-5H2. The van der Waals surface area contributed by atoms with E-state index in [2.05, 4.69) is 56.9 Å². The van der Waals surface area contributed by atoms with Crippen LogP contribution in [0.2, 0.25) is 0 Å². The number of aromatic nitrogens is 7. The van der Waals surface area contributed by atoms with Gasteiger partial charge in [-0.1, -0.05) is 12.1 Å². The van der Waals surface area contributed by atoms with Crippen LogP contribution in [-0.2, 0) is 11.8 Å². The first-order chi connectivity index (χ1) is 23.2. The number of para-hydroxylation sites is 1. The van der Waals surface area contributed by atoms with Crippen molar-refractivity contribution in [2.45, 2.75) is 33.1 Å². The monoisotopic (exact) mass is 656 g/mol. The Balaban J connectivity index is 0.000000197. The molecule has 14 nitrogen and oxygen atoms in total. The number of carbonyl (C=O) groups excluding carboxylic acids is 1. The zero-order valence-corrected chi connectivity index (χ0v) is 28.8. The number of benzene rings is 1. The second-order valence-corrected chi connectivity index (χ2v) is 11.9. The molecular formula is C34H48N12O2. The van der Waals surface area contributed by atoms with Crippen LogP contribution in [0.5, 0.6) is 0 Å². The van der Waals surface area contributed by atoms with E-state index in [9.17, 15) is 9.59 Å². The number of hydrogen-bond donors (Lipinski definition) is 5. The Hall–Kier alpha value is -5.08. The van der Waals surface area contributed by atoms with E-state index in [0.29, 0.717) is 18.3 Å². The van der Waals surface area contributed by atoms with E-state index in [1.54, 1.807) is 0 Å². The van der Waals surface area contributed by atoms with Gasteiger partial charge in [0.2, 0.25) is 5.95 Å². The summed E-state index contributed by atoms with van der Waals surface area (Å²) in [5.41, 5.74) is 6.03. The summed E-state index contributed by atoms with van der Waals surface area (Å²) in [5, 5.41) is 15.0. The van der Waals surface area contributed by atoms with Crippen molar-refractivity contribution in [1.29, 1.82) is 0 Å². The predicted molar refractivity (Wildman–Crippen MR) is 193 cm³/mol. The number of fused-ring (bicyclic) bond motifs is 1. The van der Waals surface area contributed by atoms with Gasteiger partial charge < -0.3 is 35.6 Å². The van der Waals surface area contributed by atoms with Gasteiger partial charge in [0.1, 0.15) is 12.1 Å². The lowest BCUT2D eigenvalue weighted by molar-refractivity contribution is -0.108. The minimum absolute atomic E-state index is 0.130. The Kier molecular flexibility index (Phi) is 13.2. The van der Waals surface area contributed by atoms with Crippen LogP contribution >= 0.6 is 0 Å². The lowest BCUT2D eigenvalue weighted by atomic mass is 10.1. The van der Waals surface area contributed by atoms with Crippen molar-refractivity contribution in [3.05, 3.63) is 70.7 Å². The number of nitrogens with one attached hydrogen (secondary N) is 5. The molecule has 0 spiro atoms. The number of nitrogens with zero attached hydrogens (tertiary/aromatic N) is 7. The van der Waals surface area contributed by atoms with E-state index in [0.717, 1.165) is 83.8 Å². The molecule has 0 radical (unpaired) electrons. The molecule has 5 aromatic rings. The van der Waals surface area contributed by atoms with E-state index in [1.165, 1.54) is 25.2 Å². The summed E-state index contributed by atoms with van der Waals surface area (Å²) in [6, 6.07) is 9.60. The molecule has 4 aromatic heterocycles. The first kappa shape index (κ1) is 35.8. The zero-order valence-electron chi connectivity index (χ0n) is 28.8. The number of aryl methyl sites for hydroxylation is 3. The molecule has 1 fully saturated rings. The smallest absolute Gasteiger partial charge is 0.252 e. The molecule has 6 rings (SSSR count). The number of carbonyl (C=O) groups is 1. The summed E-state index contributed by atoms with van der Waals surface area (Å²) in [4.78, 5) is 44.0. The molecule has 5 N–H and O–H groups in total. The molecule has 0 saturated carbocycles. The van der Waals surface area contributed by atoms with Crippen molar-refractivity contribution in [2.24, 2.45) is 7.05 Å². The highest BCUT2D eigenvalue weighted by Crippen LogP contribution is 2.33. The van der Waals surface area contributed by atoms with Gasteiger partial charge in [-0.15, -0.1) is 0 Å². The quantitative estimate of drug-likeness (QED) is 0.102. The third-order valence-corrected chi connectivity index (χ3v) is 7.86. The number of H-pyrrole nitrogens is 2. The first-order valence-corrected chi connectivity index (χ1v) is 16.2. The van der Waals surface area contributed by atoms with Crippen molar-refractivity contribution in [2.75, 3.05) is 69.8 Å². The number of anilines is 4. The van der Waals surface area contributed by atoms with Crippen molar-refractivity contribution < 1.29 is 4.79 Å². The van der Waals surface area contributed by atoms with E-state index >= 15 is 0 Å². The van der Waals surface area contributed by atoms with Gasteiger partial charge in [0.25, 0.3) is 5.56 Å². The first-order valence-electron chi connectivity index (χ1n) is 16.2. The van der Waals surface area contributed by atoms with Crippen LogP contribution in [0.4, 0.5) is 23.3 Å². The summed E-state index contributed by atoms with van der Waals surface area (Å²) >= 11 is 0. The Bertz CT molecular complexity index is 1780.